The van der Waals surface area contributed by atoms with Crippen molar-refractivity contribution in [3.8, 4) is 5.75 Å². The Labute approximate surface area is 206 Å². The summed E-state index contributed by atoms with van der Waals surface area (Å²) in [7, 11) is 0. The number of hydrogen-bond donors (Lipinski definition) is 4. The van der Waals surface area contributed by atoms with Gasteiger partial charge in [0.15, 0.2) is 0 Å². The molecule has 2 amide bonds. The number of carbonyl (C=O) groups is 2. The average Bonchev–Trinajstić information content (AvgIpc) is 2.83. The van der Waals surface area contributed by atoms with Crippen molar-refractivity contribution >= 4 is 11.8 Å². The molecule has 4 N–H and O–H groups in total. The summed E-state index contributed by atoms with van der Waals surface area (Å²) in [6.07, 6.45) is 2.77. The zero-order chi connectivity index (χ0) is 25.0. The van der Waals surface area contributed by atoms with Crippen LogP contribution in [0, 0.1) is 5.82 Å². The van der Waals surface area contributed by atoms with Gasteiger partial charge in [-0.1, -0.05) is 31.2 Å². The minimum Gasteiger partial charge on any atom is -0.493 e. The summed E-state index contributed by atoms with van der Waals surface area (Å²) in [5.74, 6) is -0.607. The summed E-state index contributed by atoms with van der Waals surface area (Å²) < 4.78 is 20.0. The fourth-order valence-corrected chi connectivity index (χ4v) is 4.10. The van der Waals surface area contributed by atoms with Gasteiger partial charge in [-0.2, -0.15) is 0 Å². The maximum Gasteiger partial charge on any atom is 0.239 e. The van der Waals surface area contributed by atoms with Gasteiger partial charge in [0.05, 0.1) is 25.3 Å². The summed E-state index contributed by atoms with van der Waals surface area (Å²) in [6.45, 7) is 3.15. The molecule has 0 radical (unpaired) electrons. The molecule has 2 atom stereocenters. The van der Waals surface area contributed by atoms with Crippen molar-refractivity contribution in [3.63, 3.8) is 0 Å². The molecule has 2 aromatic rings. The van der Waals surface area contributed by atoms with Crippen LogP contribution in [0.25, 0.3) is 0 Å². The van der Waals surface area contributed by atoms with Crippen LogP contribution < -0.4 is 20.7 Å². The molecule has 1 heterocycles. The first-order valence-corrected chi connectivity index (χ1v) is 12.4. The molecule has 2 bridgehead atoms. The van der Waals surface area contributed by atoms with E-state index in [-0.39, 0.29) is 25.4 Å². The van der Waals surface area contributed by atoms with E-state index in [1.54, 1.807) is 6.07 Å². The van der Waals surface area contributed by atoms with Crippen molar-refractivity contribution in [3.05, 3.63) is 65.0 Å². The Hall–Kier alpha value is -2.97. The molecule has 0 spiro atoms. The van der Waals surface area contributed by atoms with E-state index >= 15 is 0 Å². The molecule has 0 unspecified atom stereocenters. The van der Waals surface area contributed by atoms with E-state index in [4.69, 9.17) is 4.74 Å². The number of hydrogen-bond acceptors (Lipinski definition) is 5. The molecular formula is C27H36FN3O4. The number of nitrogens with one attached hydrogen (secondary N) is 3. The first-order valence-electron chi connectivity index (χ1n) is 12.4. The highest BCUT2D eigenvalue weighted by Gasteiger charge is 2.23. The quantitative estimate of drug-likeness (QED) is 0.504. The van der Waals surface area contributed by atoms with Crippen molar-refractivity contribution in [2.75, 3.05) is 19.7 Å². The Morgan fingerprint density at radius 3 is 2.77 bits per heavy atom. The zero-order valence-electron chi connectivity index (χ0n) is 20.3. The highest BCUT2D eigenvalue weighted by atomic mass is 19.1. The Bertz CT molecular complexity index is 985. The number of aliphatic hydroxyl groups is 1. The second kappa shape index (κ2) is 13.8. The molecule has 0 aromatic heterocycles. The molecule has 0 saturated carbocycles. The van der Waals surface area contributed by atoms with Crippen LogP contribution >= 0.6 is 0 Å². The molecule has 7 nitrogen and oxygen atoms in total. The summed E-state index contributed by atoms with van der Waals surface area (Å²) in [6, 6.07) is 12.0. The van der Waals surface area contributed by atoms with Crippen LogP contribution in [0.2, 0.25) is 0 Å². The average molecular weight is 486 g/mol. The second-order valence-corrected chi connectivity index (χ2v) is 8.98. The number of rotatable bonds is 6. The molecule has 35 heavy (non-hydrogen) atoms. The Morgan fingerprint density at radius 2 is 1.94 bits per heavy atom. The van der Waals surface area contributed by atoms with E-state index in [2.05, 4.69) is 35.0 Å². The van der Waals surface area contributed by atoms with Gasteiger partial charge in [0.1, 0.15) is 11.6 Å². The fourth-order valence-electron chi connectivity index (χ4n) is 4.10. The van der Waals surface area contributed by atoms with Gasteiger partial charge in [-0.15, -0.1) is 0 Å². The lowest BCUT2D eigenvalue weighted by Crippen LogP contribution is -2.51. The van der Waals surface area contributed by atoms with Gasteiger partial charge in [0.2, 0.25) is 11.8 Å². The number of halogens is 1. The molecule has 8 heteroatoms. The maximum atomic E-state index is 14.3. The second-order valence-electron chi connectivity index (χ2n) is 8.98. The lowest BCUT2D eigenvalue weighted by Gasteiger charge is -2.25. The number of carbonyl (C=O) groups excluding carboxylic acids is 2. The minimum absolute atomic E-state index is 0.170. The topological polar surface area (TPSA) is 99.7 Å². The summed E-state index contributed by atoms with van der Waals surface area (Å²) >= 11 is 0. The van der Waals surface area contributed by atoms with Crippen LogP contribution in [-0.4, -0.2) is 48.8 Å². The normalized spacial score (nSPS) is 18.8. The fraction of sp³-hybridized carbons (Fsp3) is 0.481. The maximum absolute atomic E-state index is 14.3. The first-order chi connectivity index (χ1) is 16.9. The van der Waals surface area contributed by atoms with E-state index in [0.29, 0.717) is 37.3 Å². The van der Waals surface area contributed by atoms with Crippen LogP contribution in [0.3, 0.4) is 0 Å². The predicted octanol–water partition coefficient (Wildman–Crippen LogP) is 2.64. The predicted molar refractivity (Wildman–Crippen MR) is 133 cm³/mol. The number of amides is 2. The SMILES string of the molecule is CCc1cccc(CNC[C@@H](O)[C@@H]2Cc3cc(F)cc(c3)OCCCCCC(=O)NCC(=O)N2)c1. The van der Waals surface area contributed by atoms with Crippen LogP contribution in [0.4, 0.5) is 4.39 Å². The molecular weight excluding hydrogens is 449 g/mol. The van der Waals surface area contributed by atoms with Crippen molar-refractivity contribution in [1.29, 1.82) is 0 Å². The molecule has 3 rings (SSSR count). The van der Waals surface area contributed by atoms with Crippen molar-refractivity contribution in [1.82, 2.24) is 16.0 Å². The molecule has 0 fully saturated rings. The van der Waals surface area contributed by atoms with Gasteiger partial charge >= 0.3 is 0 Å². The zero-order valence-corrected chi connectivity index (χ0v) is 20.3. The molecule has 2 aromatic carbocycles. The van der Waals surface area contributed by atoms with Crippen LogP contribution in [-0.2, 0) is 29.0 Å². The van der Waals surface area contributed by atoms with E-state index in [1.807, 2.05) is 12.1 Å². The lowest BCUT2D eigenvalue weighted by atomic mass is 10.00. The first kappa shape index (κ1) is 26.6. The van der Waals surface area contributed by atoms with Crippen LogP contribution in [0.5, 0.6) is 5.75 Å². The van der Waals surface area contributed by atoms with Gasteiger partial charge in [-0.05, 0) is 60.9 Å². The molecule has 190 valence electrons. The monoisotopic (exact) mass is 485 g/mol. The third-order valence-corrected chi connectivity index (χ3v) is 6.04. The standard InChI is InChI=1S/C27H36FN3O4/c1-2-19-7-6-8-20(11-19)16-29-17-25(32)24-14-21-12-22(28)15-23(13-21)35-10-5-3-4-9-26(33)30-18-27(34)31-24/h6-8,11-13,15,24-25,29,32H,2-5,9-10,14,16-18H2,1H3,(H,30,33)(H,31,34)/t24-,25+/m0/s1. The number of ether oxygens (including phenoxy) is 1. The van der Waals surface area contributed by atoms with Gasteiger partial charge in [0, 0.05) is 25.6 Å². The van der Waals surface area contributed by atoms with Crippen molar-refractivity contribution < 1.29 is 23.8 Å². The Morgan fingerprint density at radius 1 is 1.11 bits per heavy atom. The Balaban J connectivity index is 1.70. The van der Waals surface area contributed by atoms with Gasteiger partial charge in [0.25, 0.3) is 0 Å². The third kappa shape index (κ3) is 9.30. The Kier molecular flexibility index (Phi) is 10.5. The highest BCUT2D eigenvalue weighted by Crippen LogP contribution is 2.19. The summed E-state index contributed by atoms with van der Waals surface area (Å²) in [5.41, 5.74) is 2.95. The van der Waals surface area contributed by atoms with Crippen LogP contribution in [0.15, 0.2) is 42.5 Å². The number of aryl methyl sites for hydroxylation is 1. The van der Waals surface area contributed by atoms with E-state index in [0.717, 1.165) is 24.8 Å². The number of benzene rings is 2. The van der Waals surface area contributed by atoms with Crippen molar-refractivity contribution in [2.24, 2.45) is 0 Å². The third-order valence-electron chi connectivity index (χ3n) is 6.04. The molecule has 0 saturated heterocycles. The minimum atomic E-state index is -0.935. The van der Waals surface area contributed by atoms with E-state index in [9.17, 15) is 19.1 Å². The van der Waals surface area contributed by atoms with E-state index < -0.39 is 23.9 Å². The van der Waals surface area contributed by atoms with Gasteiger partial charge < -0.3 is 25.8 Å². The van der Waals surface area contributed by atoms with Gasteiger partial charge in [-0.25, -0.2) is 4.39 Å². The molecule has 1 aliphatic heterocycles. The number of fused-ring (bicyclic) bond motifs is 2. The highest BCUT2D eigenvalue weighted by molar-refractivity contribution is 5.84. The molecule has 1 aliphatic rings. The van der Waals surface area contributed by atoms with E-state index in [1.165, 1.54) is 17.7 Å². The molecule has 0 aliphatic carbocycles. The van der Waals surface area contributed by atoms with Gasteiger partial charge in [-0.3, -0.25) is 9.59 Å². The number of aliphatic hydroxyl groups excluding tert-OH is 1. The van der Waals surface area contributed by atoms with Crippen LogP contribution in [0.1, 0.15) is 49.3 Å². The van der Waals surface area contributed by atoms with Crippen molar-refractivity contribution in [2.45, 2.75) is 64.1 Å². The summed E-state index contributed by atoms with van der Waals surface area (Å²) in [5, 5.41) is 19.6. The largest absolute Gasteiger partial charge is 0.493 e. The smallest absolute Gasteiger partial charge is 0.239 e. The lowest BCUT2D eigenvalue weighted by molar-refractivity contribution is -0.126. The summed E-state index contributed by atoms with van der Waals surface area (Å²) in [4.78, 5) is 24.5.